The Bertz CT molecular complexity index is 2810. The van der Waals surface area contributed by atoms with E-state index in [1.54, 1.807) is 85.8 Å². The zero-order chi connectivity index (χ0) is 46.4. The lowest BCUT2D eigenvalue weighted by atomic mass is 10.1. The standard InChI is InChI=1S/C22H15F3N6O.C12H10F3N3.C10H7N3O2.CH4/c23-22(24,25)20-9-15(5-6-28-20)17-3-1-14(10-29-17)11-31-21(32)16-2-4-18(30-12-16)19-13-26-7-8-27-19;13-12(14,15)11-5-9(3-4-17-11)10-2-1-8(6-16)7-18-10;14-10(15)7-1-2-8(13-5-7)9-6-11-3-4-12-9;/h1-10,12-13H,11H2,(H,31,32);1-5,7H,6,16H2;1-6H,(H,14,15);1H4. The number of halogens is 6. The molecular weight excluding hydrogens is 871 g/mol. The van der Waals surface area contributed by atoms with Crippen molar-refractivity contribution in [1.82, 2.24) is 55.2 Å². The number of aromatic carboxylic acids is 1. The van der Waals surface area contributed by atoms with Gasteiger partial charge in [0.25, 0.3) is 5.91 Å². The quantitative estimate of drug-likeness (QED) is 0.116. The van der Waals surface area contributed by atoms with Gasteiger partial charge in [0.05, 0.1) is 46.3 Å². The summed E-state index contributed by atoms with van der Waals surface area (Å²) >= 11 is 0. The number of hydrogen-bond acceptors (Lipinski definition) is 13. The van der Waals surface area contributed by atoms with Crippen LogP contribution in [0.15, 0.2) is 147 Å². The van der Waals surface area contributed by atoms with E-state index in [-0.39, 0.29) is 25.4 Å². The zero-order valence-electron chi connectivity index (χ0n) is 33.4. The van der Waals surface area contributed by atoms with Crippen molar-refractivity contribution in [3.05, 3.63) is 181 Å². The minimum absolute atomic E-state index is 0. The Morgan fingerprint density at radius 1 is 0.500 bits per heavy atom. The van der Waals surface area contributed by atoms with E-state index in [1.807, 2.05) is 0 Å². The van der Waals surface area contributed by atoms with Crippen LogP contribution in [-0.2, 0) is 25.4 Å². The number of carboxylic acids is 1. The van der Waals surface area contributed by atoms with E-state index >= 15 is 0 Å². The van der Waals surface area contributed by atoms with Gasteiger partial charge in [-0.25, -0.2) is 4.79 Å². The highest BCUT2D eigenvalue weighted by atomic mass is 19.4. The second kappa shape index (κ2) is 22.2. The molecule has 0 bridgehead atoms. The molecule has 8 heterocycles. The third-order valence-corrected chi connectivity index (χ3v) is 8.72. The number of carbonyl (C=O) groups is 2. The molecule has 8 aromatic heterocycles. The monoisotopic (exact) mass is 906 g/mol. The van der Waals surface area contributed by atoms with Gasteiger partial charge in [-0.15, -0.1) is 0 Å². The van der Waals surface area contributed by atoms with Crippen LogP contribution >= 0.6 is 0 Å². The third kappa shape index (κ3) is 13.5. The highest BCUT2D eigenvalue weighted by molar-refractivity contribution is 5.94. The topological polar surface area (TPSA) is 221 Å². The molecule has 0 aliphatic carbocycles. The minimum Gasteiger partial charge on any atom is -0.478 e. The molecule has 0 atom stereocenters. The Kier molecular flexibility index (Phi) is 16.4. The number of carbonyl (C=O) groups excluding carboxylic acids is 1. The van der Waals surface area contributed by atoms with E-state index in [9.17, 15) is 35.9 Å². The van der Waals surface area contributed by atoms with Crippen LogP contribution in [0.3, 0.4) is 0 Å². The SMILES string of the molecule is C.NCc1ccc(-c2ccnc(C(F)(F)F)c2)nc1.O=C(NCc1ccc(-c2ccnc(C(F)(F)F)c2)nc1)c1ccc(-c2cnccn2)nc1.O=C(O)c1ccc(-c2cnccn2)nc1. The van der Waals surface area contributed by atoms with Crippen LogP contribution in [0.1, 0.15) is 50.7 Å². The summed E-state index contributed by atoms with van der Waals surface area (Å²) in [7, 11) is 0. The number of amides is 1. The average molecular weight is 907 g/mol. The molecule has 66 heavy (non-hydrogen) atoms. The number of nitrogens with two attached hydrogens (primary N) is 1. The molecule has 0 aliphatic heterocycles. The molecular formula is C45H36F6N12O3. The van der Waals surface area contributed by atoms with Gasteiger partial charge in [0.15, 0.2) is 0 Å². The van der Waals surface area contributed by atoms with Gasteiger partial charge >= 0.3 is 18.3 Å². The largest absolute Gasteiger partial charge is 0.478 e. The van der Waals surface area contributed by atoms with E-state index in [4.69, 9.17) is 10.8 Å². The first-order valence-corrected chi connectivity index (χ1v) is 18.8. The predicted molar refractivity (Wildman–Crippen MR) is 228 cm³/mol. The lowest BCUT2D eigenvalue weighted by Crippen LogP contribution is -2.23. The Hall–Kier alpha value is -8.46. The average Bonchev–Trinajstić information content (AvgIpc) is 3.34. The normalized spacial score (nSPS) is 10.8. The van der Waals surface area contributed by atoms with E-state index in [0.717, 1.165) is 30.1 Å². The number of hydrogen-bond donors (Lipinski definition) is 3. The lowest BCUT2D eigenvalue weighted by Gasteiger charge is -2.09. The predicted octanol–water partition coefficient (Wildman–Crippen LogP) is 8.44. The Morgan fingerprint density at radius 2 is 0.955 bits per heavy atom. The van der Waals surface area contributed by atoms with Crippen LogP contribution in [0.2, 0.25) is 0 Å². The molecule has 21 heteroatoms. The number of aromatic nitrogens is 10. The van der Waals surface area contributed by atoms with Crippen LogP contribution in [0.4, 0.5) is 26.3 Å². The molecule has 8 rings (SSSR count). The van der Waals surface area contributed by atoms with Crippen LogP contribution in [0.5, 0.6) is 0 Å². The third-order valence-electron chi connectivity index (χ3n) is 8.72. The van der Waals surface area contributed by atoms with Gasteiger partial charge < -0.3 is 16.2 Å². The maximum absolute atomic E-state index is 12.8. The molecule has 0 saturated heterocycles. The fourth-order valence-corrected chi connectivity index (χ4v) is 5.40. The van der Waals surface area contributed by atoms with Crippen molar-refractivity contribution in [1.29, 1.82) is 0 Å². The van der Waals surface area contributed by atoms with Crippen LogP contribution in [-0.4, -0.2) is 66.8 Å². The number of rotatable bonds is 9. The smallest absolute Gasteiger partial charge is 0.433 e. The van der Waals surface area contributed by atoms with Crippen molar-refractivity contribution < 1.29 is 41.0 Å². The Balaban J connectivity index is 0.000000203. The van der Waals surface area contributed by atoms with E-state index in [0.29, 0.717) is 63.0 Å². The number of alkyl halides is 6. The van der Waals surface area contributed by atoms with Gasteiger partial charge in [0.2, 0.25) is 0 Å². The summed E-state index contributed by atoms with van der Waals surface area (Å²) in [6, 6.07) is 17.9. The number of nitrogens with one attached hydrogen (secondary N) is 1. The fourth-order valence-electron chi connectivity index (χ4n) is 5.40. The lowest BCUT2D eigenvalue weighted by molar-refractivity contribution is -0.141. The second-order valence-electron chi connectivity index (χ2n) is 13.2. The van der Waals surface area contributed by atoms with Gasteiger partial charge in [0, 0.05) is 86.2 Å². The van der Waals surface area contributed by atoms with E-state index < -0.39 is 29.7 Å². The molecule has 4 N–H and O–H groups in total. The number of pyridine rings is 6. The summed E-state index contributed by atoms with van der Waals surface area (Å²) in [5, 5.41) is 11.4. The zero-order valence-corrected chi connectivity index (χ0v) is 33.4. The highest BCUT2D eigenvalue weighted by Gasteiger charge is 2.33. The molecule has 0 unspecified atom stereocenters. The van der Waals surface area contributed by atoms with Gasteiger partial charge in [-0.3, -0.25) is 54.6 Å². The van der Waals surface area contributed by atoms with Gasteiger partial charge in [-0.2, -0.15) is 26.3 Å². The molecule has 0 aliphatic rings. The maximum atomic E-state index is 12.8. The summed E-state index contributed by atoms with van der Waals surface area (Å²) in [6.07, 6.45) is 8.42. The highest BCUT2D eigenvalue weighted by Crippen LogP contribution is 2.31. The molecule has 336 valence electrons. The van der Waals surface area contributed by atoms with Crippen LogP contribution < -0.4 is 11.1 Å². The molecule has 15 nitrogen and oxygen atoms in total. The molecule has 8 aromatic rings. The van der Waals surface area contributed by atoms with Crippen molar-refractivity contribution in [2.75, 3.05) is 0 Å². The molecule has 0 spiro atoms. The van der Waals surface area contributed by atoms with Gasteiger partial charge in [0.1, 0.15) is 22.8 Å². The van der Waals surface area contributed by atoms with Gasteiger partial charge in [-0.05, 0) is 71.8 Å². The fraction of sp³-hybridized carbons (Fsp3) is 0.111. The number of carboxylic acid groups (broad SMARTS) is 1. The second-order valence-corrected chi connectivity index (χ2v) is 13.2. The number of nitrogens with zero attached hydrogens (tertiary/aromatic N) is 10. The first-order chi connectivity index (χ1) is 31.2. The summed E-state index contributed by atoms with van der Waals surface area (Å²) in [5.41, 5.74) is 9.49. The van der Waals surface area contributed by atoms with Crippen molar-refractivity contribution in [3.8, 4) is 45.3 Å². The first-order valence-electron chi connectivity index (χ1n) is 18.8. The van der Waals surface area contributed by atoms with Crippen molar-refractivity contribution >= 4 is 11.9 Å². The first kappa shape index (κ1) is 48.6. The Labute approximate surface area is 372 Å². The molecule has 0 aromatic carbocycles. The maximum Gasteiger partial charge on any atom is 0.433 e. The molecule has 1 amide bonds. The van der Waals surface area contributed by atoms with Crippen LogP contribution in [0.25, 0.3) is 45.3 Å². The summed E-state index contributed by atoms with van der Waals surface area (Å²) < 4.78 is 76.0. The Morgan fingerprint density at radius 3 is 1.33 bits per heavy atom. The summed E-state index contributed by atoms with van der Waals surface area (Å²) in [5.74, 6) is -1.32. The van der Waals surface area contributed by atoms with E-state index in [1.165, 1.54) is 36.8 Å². The van der Waals surface area contributed by atoms with Crippen molar-refractivity contribution in [2.45, 2.75) is 32.9 Å². The van der Waals surface area contributed by atoms with Gasteiger partial charge in [-0.1, -0.05) is 19.6 Å². The van der Waals surface area contributed by atoms with Crippen molar-refractivity contribution in [3.63, 3.8) is 0 Å². The summed E-state index contributed by atoms with van der Waals surface area (Å²) in [4.78, 5) is 62.2. The van der Waals surface area contributed by atoms with Crippen LogP contribution in [0, 0.1) is 0 Å². The molecule has 0 saturated carbocycles. The minimum atomic E-state index is -4.53. The van der Waals surface area contributed by atoms with Crippen molar-refractivity contribution in [2.24, 2.45) is 5.73 Å². The summed E-state index contributed by atoms with van der Waals surface area (Å²) in [6.45, 7) is 0.541. The molecule has 0 fully saturated rings. The molecule has 0 radical (unpaired) electrons. The van der Waals surface area contributed by atoms with E-state index in [2.05, 4.69) is 55.2 Å².